The molecule has 0 aliphatic heterocycles. The first kappa shape index (κ1) is 12.2. The van der Waals surface area contributed by atoms with Gasteiger partial charge in [-0.25, -0.2) is 4.98 Å². The van der Waals surface area contributed by atoms with Gasteiger partial charge in [0.25, 0.3) is 0 Å². The highest BCUT2D eigenvalue weighted by atomic mass is 16.5. The van der Waals surface area contributed by atoms with E-state index in [2.05, 4.69) is 15.9 Å². The number of rotatable bonds is 3. The van der Waals surface area contributed by atoms with Crippen LogP contribution in [0.1, 0.15) is 32.2 Å². The standard InChI is InChI=1S/C12H14N2O2/c1-5-9-10(14-8-7-13-9)12(3,4)11(15)16-6-2/h1,7-8H,6H2,2-4H3. The fourth-order valence-electron chi connectivity index (χ4n) is 1.31. The van der Waals surface area contributed by atoms with Gasteiger partial charge in [-0.3, -0.25) is 9.78 Å². The van der Waals surface area contributed by atoms with Gasteiger partial charge in [0, 0.05) is 12.4 Å². The Morgan fingerprint density at radius 1 is 1.50 bits per heavy atom. The Bertz CT molecular complexity index is 433. The quantitative estimate of drug-likeness (QED) is 0.567. The Morgan fingerprint density at radius 2 is 2.12 bits per heavy atom. The third kappa shape index (κ3) is 2.19. The summed E-state index contributed by atoms with van der Waals surface area (Å²) in [5, 5.41) is 0. The second-order valence-corrected chi connectivity index (χ2v) is 3.74. The smallest absolute Gasteiger partial charge is 0.317 e. The maximum atomic E-state index is 11.8. The first-order valence-corrected chi connectivity index (χ1v) is 4.99. The fraction of sp³-hybridized carbons (Fsp3) is 0.417. The van der Waals surface area contributed by atoms with Crippen LogP contribution in [-0.4, -0.2) is 22.5 Å². The van der Waals surface area contributed by atoms with E-state index < -0.39 is 5.41 Å². The van der Waals surface area contributed by atoms with Gasteiger partial charge in [-0.1, -0.05) is 0 Å². The van der Waals surface area contributed by atoms with Crippen LogP contribution in [0.25, 0.3) is 0 Å². The number of nitrogens with zero attached hydrogens (tertiary/aromatic N) is 2. The largest absolute Gasteiger partial charge is 0.465 e. The third-order valence-electron chi connectivity index (χ3n) is 2.21. The van der Waals surface area contributed by atoms with Crippen molar-refractivity contribution in [2.75, 3.05) is 6.61 Å². The predicted molar refractivity (Wildman–Crippen MR) is 59.6 cm³/mol. The molecule has 0 atom stereocenters. The molecule has 4 heteroatoms. The molecule has 0 amide bonds. The van der Waals surface area contributed by atoms with Crippen molar-refractivity contribution in [3.05, 3.63) is 23.8 Å². The molecule has 0 saturated carbocycles. The zero-order valence-corrected chi connectivity index (χ0v) is 9.65. The van der Waals surface area contributed by atoms with E-state index in [1.165, 1.54) is 12.4 Å². The number of hydrogen-bond donors (Lipinski definition) is 0. The van der Waals surface area contributed by atoms with Crippen LogP contribution in [0.15, 0.2) is 12.4 Å². The summed E-state index contributed by atoms with van der Waals surface area (Å²) in [7, 11) is 0. The Hall–Kier alpha value is -1.89. The molecule has 1 rings (SSSR count). The lowest BCUT2D eigenvalue weighted by Gasteiger charge is -2.22. The zero-order chi connectivity index (χ0) is 12.2. The van der Waals surface area contributed by atoms with E-state index in [0.29, 0.717) is 18.0 Å². The number of hydrogen-bond acceptors (Lipinski definition) is 4. The molecule has 1 heterocycles. The van der Waals surface area contributed by atoms with Crippen molar-refractivity contribution in [2.24, 2.45) is 0 Å². The van der Waals surface area contributed by atoms with Gasteiger partial charge in [-0.2, -0.15) is 0 Å². The van der Waals surface area contributed by atoms with Crippen LogP contribution in [0, 0.1) is 12.3 Å². The van der Waals surface area contributed by atoms with Gasteiger partial charge in [-0.05, 0) is 26.7 Å². The summed E-state index contributed by atoms with van der Waals surface area (Å²) in [6.07, 6.45) is 8.33. The fourth-order valence-corrected chi connectivity index (χ4v) is 1.31. The minimum Gasteiger partial charge on any atom is -0.465 e. The summed E-state index contributed by atoms with van der Waals surface area (Å²) in [6, 6.07) is 0. The average Bonchev–Trinajstić information content (AvgIpc) is 2.29. The third-order valence-corrected chi connectivity index (χ3v) is 2.21. The van der Waals surface area contributed by atoms with Gasteiger partial charge >= 0.3 is 5.97 Å². The van der Waals surface area contributed by atoms with E-state index in [1.54, 1.807) is 20.8 Å². The molecule has 84 valence electrons. The molecule has 0 radical (unpaired) electrons. The Kier molecular flexibility index (Phi) is 3.62. The number of esters is 1. The molecule has 0 aliphatic carbocycles. The van der Waals surface area contributed by atoms with Crippen LogP contribution < -0.4 is 0 Å². The summed E-state index contributed by atoms with van der Waals surface area (Å²) in [5.74, 6) is 2.06. The maximum Gasteiger partial charge on any atom is 0.317 e. The van der Waals surface area contributed by atoms with E-state index in [1.807, 2.05) is 0 Å². The Balaban J connectivity index is 3.17. The van der Waals surface area contributed by atoms with E-state index >= 15 is 0 Å². The Labute approximate surface area is 95.1 Å². The average molecular weight is 218 g/mol. The normalized spacial score (nSPS) is 10.6. The number of ether oxygens (including phenoxy) is 1. The van der Waals surface area contributed by atoms with Crippen molar-refractivity contribution in [1.82, 2.24) is 9.97 Å². The van der Waals surface area contributed by atoms with Crippen molar-refractivity contribution in [3.63, 3.8) is 0 Å². The molecule has 0 aliphatic rings. The number of carbonyl (C=O) groups is 1. The summed E-state index contributed by atoms with van der Waals surface area (Å²) in [4.78, 5) is 19.9. The van der Waals surface area contributed by atoms with Crippen molar-refractivity contribution in [3.8, 4) is 12.3 Å². The molecular formula is C12H14N2O2. The summed E-state index contributed by atoms with van der Waals surface area (Å²) >= 11 is 0. The molecule has 0 saturated heterocycles. The van der Waals surface area contributed by atoms with Crippen LogP contribution in [0.4, 0.5) is 0 Å². The van der Waals surface area contributed by atoms with Crippen LogP contribution >= 0.6 is 0 Å². The molecule has 0 N–H and O–H groups in total. The number of aromatic nitrogens is 2. The summed E-state index contributed by atoms with van der Waals surface area (Å²) in [6.45, 7) is 5.52. The molecule has 16 heavy (non-hydrogen) atoms. The maximum absolute atomic E-state index is 11.8. The first-order chi connectivity index (χ1) is 7.54. The summed E-state index contributed by atoms with van der Waals surface area (Å²) < 4.78 is 4.99. The van der Waals surface area contributed by atoms with Crippen LogP contribution in [0.3, 0.4) is 0 Å². The molecule has 0 aromatic carbocycles. The van der Waals surface area contributed by atoms with Crippen molar-refractivity contribution < 1.29 is 9.53 Å². The molecular weight excluding hydrogens is 204 g/mol. The lowest BCUT2D eigenvalue weighted by Crippen LogP contribution is -2.33. The van der Waals surface area contributed by atoms with Crippen molar-refractivity contribution in [2.45, 2.75) is 26.2 Å². The highest BCUT2D eigenvalue weighted by molar-refractivity contribution is 5.82. The van der Waals surface area contributed by atoms with Crippen LogP contribution in [-0.2, 0) is 14.9 Å². The van der Waals surface area contributed by atoms with E-state index in [9.17, 15) is 4.79 Å². The summed E-state index contributed by atoms with van der Waals surface area (Å²) in [5.41, 5.74) is -0.0390. The van der Waals surface area contributed by atoms with E-state index in [4.69, 9.17) is 11.2 Å². The molecule has 0 spiro atoms. The van der Waals surface area contributed by atoms with Crippen molar-refractivity contribution >= 4 is 5.97 Å². The van der Waals surface area contributed by atoms with Gasteiger partial charge in [0.05, 0.1) is 12.3 Å². The van der Waals surface area contributed by atoms with Crippen LogP contribution in [0.2, 0.25) is 0 Å². The predicted octanol–water partition coefficient (Wildman–Crippen LogP) is 1.30. The monoisotopic (exact) mass is 218 g/mol. The van der Waals surface area contributed by atoms with E-state index in [0.717, 1.165) is 0 Å². The number of terminal acetylenes is 1. The second kappa shape index (κ2) is 4.75. The zero-order valence-electron chi connectivity index (χ0n) is 9.65. The van der Waals surface area contributed by atoms with Gasteiger partial charge in [-0.15, -0.1) is 6.42 Å². The van der Waals surface area contributed by atoms with Crippen molar-refractivity contribution in [1.29, 1.82) is 0 Å². The topological polar surface area (TPSA) is 52.1 Å². The first-order valence-electron chi connectivity index (χ1n) is 4.99. The number of carbonyl (C=O) groups excluding carboxylic acids is 1. The molecule has 1 aromatic rings. The second-order valence-electron chi connectivity index (χ2n) is 3.74. The van der Waals surface area contributed by atoms with Crippen LogP contribution in [0.5, 0.6) is 0 Å². The molecule has 0 bridgehead atoms. The highest BCUT2D eigenvalue weighted by Crippen LogP contribution is 2.24. The molecule has 0 unspecified atom stereocenters. The van der Waals surface area contributed by atoms with Gasteiger partial charge in [0.15, 0.2) is 0 Å². The lowest BCUT2D eigenvalue weighted by atomic mass is 9.87. The van der Waals surface area contributed by atoms with Gasteiger partial charge < -0.3 is 4.74 Å². The SMILES string of the molecule is C#Cc1nccnc1C(C)(C)C(=O)OCC. The highest BCUT2D eigenvalue weighted by Gasteiger charge is 2.35. The lowest BCUT2D eigenvalue weighted by molar-refractivity contribution is -0.149. The van der Waals surface area contributed by atoms with Gasteiger partial charge in [0.1, 0.15) is 11.1 Å². The minimum absolute atomic E-state index is 0.327. The molecule has 1 aromatic heterocycles. The molecule has 4 nitrogen and oxygen atoms in total. The Morgan fingerprint density at radius 3 is 2.69 bits per heavy atom. The van der Waals surface area contributed by atoms with E-state index in [-0.39, 0.29) is 5.97 Å². The molecule has 0 fully saturated rings. The van der Waals surface area contributed by atoms with Gasteiger partial charge in [0.2, 0.25) is 0 Å². The minimum atomic E-state index is -0.883.